The maximum absolute atomic E-state index is 14.4. The summed E-state index contributed by atoms with van der Waals surface area (Å²) in [7, 11) is 1.65. The summed E-state index contributed by atoms with van der Waals surface area (Å²) in [5.74, 6) is -3.69. The first-order chi connectivity index (χ1) is 14.2. The molecule has 4 N–H and O–H groups in total. The molecular formula is C21H27F3N4O2. The van der Waals surface area contributed by atoms with Gasteiger partial charge in [0, 0.05) is 6.54 Å². The fourth-order valence-electron chi connectivity index (χ4n) is 3.05. The van der Waals surface area contributed by atoms with Gasteiger partial charge in [-0.15, -0.1) is 0 Å². The van der Waals surface area contributed by atoms with Crippen LogP contribution in [-0.2, 0) is 0 Å². The van der Waals surface area contributed by atoms with Crippen molar-refractivity contribution in [3.05, 3.63) is 58.9 Å². The second kappa shape index (κ2) is 9.92. The number of nitrogens with zero attached hydrogens (tertiary/aromatic N) is 1. The van der Waals surface area contributed by atoms with Crippen molar-refractivity contribution in [1.82, 2.24) is 15.8 Å². The van der Waals surface area contributed by atoms with E-state index in [0.29, 0.717) is 5.56 Å². The maximum atomic E-state index is 14.4. The minimum Gasteiger partial charge on any atom is -0.385 e. The molecule has 1 saturated heterocycles. The molecule has 0 spiro atoms. The van der Waals surface area contributed by atoms with Crippen molar-refractivity contribution in [3.63, 3.8) is 0 Å². The Balaban J connectivity index is 0.00000155. The largest absolute Gasteiger partial charge is 0.385 e. The lowest BCUT2D eigenvalue weighted by molar-refractivity contribution is -0.0798. The Bertz CT molecular complexity index is 902. The van der Waals surface area contributed by atoms with Gasteiger partial charge in [0.05, 0.1) is 30.0 Å². The van der Waals surface area contributed by atoms with E-state index in [4.69, 9.17) is 0 Å². The van der Waals surface area contributed by atoms with E-state index in [1.165, 1.54) is 17.0 Å². The van der Waals surface area contributed by atoms with Crippen molar-refractivity contribution in [2.45, 2.75) is 26.4 Å². The molecule has 3 rings (SSSR count). The molecule has 2 aromatic rings. The number of hydrogen-bond donors (Lipinski definition) is 4. The van der Waals surface area contributed by atoms with Gasteiger partial charge >= 0.3 is 0 Å². The number of likely N-dealkylation sites (tertiary alicyclic amines) is 1. The van der Waals surface area contributed by atoms with Gasteiger partial charge in [-0.25, -0.2) is 13.2 Å². The Hall–Kier alpha value is -2.62. The van der Waals surface area contributed by atoms with Crippen molar-refractivity contribution < 1.29 is 23.1 Å². The molecule has 2 aromatic carbocycles. The Morgan fingerprint density at radius 1 is 1.13 bits per heavy atom. The van der Waals surface area contributed by atoms with Crippen LogP contribution >= 0.6 is 0 Å². The molecule has 0 unspecified atom stereocenters. The summed E-state index contributed by atoms with van der Waals surface area (Å²) in [5.41, 5.74) is 4.30. The first-order valence-electron chi connectivity index (χ1n) is 9.66. The summed E-state index contributed by atoms with van der Waals surface area (Å²) in [6.45, 7) is 5.96. The van der Waals surface area contributed by atoms with Crippen LogP contribution < -0.4 is 16.2 Å². The average Bonchev–Trinajstić information content (AvgIpc) is 2.70. The summed E-state index contributed by atoms with van der Waals surface area (Å²) < 4.78 is 42.3. The number of carbonyl (C=O) groups excluding carboxylic acids is 1. The fourth-order valence-corrected chi connectivity index (χ4v) is 3.05. The normalized spacial score (nSPS) is 14.5. The number of carbonyl (C=O) groups is 1. The molecule has 1 amide bonds. The molecule has 1 fully saturated rings. The van der Waals surface area contributed by atoms with E-state index in [2.05, 4.69) is 16.2 Å². The fraction of sp³-hybridized carbons (Fsp3) is 0.381. The van der Waals surface area contributed by atoms with E-state index in [0.717, 1.165) is 12.1 Å². The molecule has 164 valence electrons. The maximum Gasteiger partial charge on any atom is 0.256 e. The van der Waals surface area contributed by atoms with Gasteiger partial charge < -0.3 is 15.3 Å². The molecule has 0 aliphatic carbocycles. The number of nitrogens with one attached hydrogen (secondary N) is 3. The molecule has 0 radical (unpaired) electrons. The SMILES string of the molecule is CC.CNNCC1(O)CN(C(=O)c2ccc(F)c(F)c2Nc2ccc(C)cc2F)C1. The molecule has 30 heavy (non-hydrogen) atoms. The van der Waals surface area contributed by atoms with Crippen LogP contribution in [0, 0.1) is 24.4 Å². The number of amides is 1. The Kier molecular flexibility index (Phi) is 7.83. The number of rotatable bonds is 6. The summed E-state index contributed by atoms with van der Waals surface area (Å²) in [4.78, 5) is 14.1. The number of anilines is 2. The van der Waals surface area contributed by atoms with E-state index < -0.39 is 34.6 Å². The number of hydrazine groups is 1. The molecule has 9 heteroatoms. The van der Waals surface area contributed by atoms with E-state index >= 15 is 0 Å². The number of benzene rings is 2. The van der Waals surface area contributed by atoms with Crippen LogP contribution in [0.4, 0.5) is 24.5 Å². The van der Waals surface area contributed by atoms with Gasteiger partial charge in [0.25, 0.3) is 5.91 Å². The predicted octanol–water partition coefficient (Wildman–Crippen LogP) is 3.09. The van der Waals surface area contributed by atoms with Gasteiger partial charge in [0.1, 0.15) is 11.4 Å². The number of halogens is 3. The molecule has 1 aliphatic rings. The van der Waals surface area contributed by atoms with E-state index in [-0.39, 0.29) is 30.9 Å². The second-order valence-corrected chi connectivity index (χ2v) is 6.88. The van der Waals surface area contributed by atoms with Gasteiger partial charge in [-0.05, 0) is 43.8 Å². The van der Waals surface area contributed by atoms with Gasteiger partial charge in [-0.1, -0.05) is 19.9 Å². The van der Waals surface area contributed by atoms with Crippen LogP contribution in [0.5, 0.6) is 0 Å². The van der Waals surface area contributed by atoms with Crippen molar-refractivity contribution in [2.75, 3.05) is 32.0 Å². The molecule has 6 nitrogen and oxygen atoms in total. The third-order valence-electron chi connectivity index (χ3n) is 4.56. The van der Waals surface area contributed by atoms with Crippen LogP contribution in [0.25, 0.3) is 0 Å². The predicted molar refractivity (Wildman–Crippen MR) is 110 cm³/mol. The standard InChI is InChI=1S/C19H21F3N4O2.C2H6/c1-11-3-6-15(14(21)7-11)25-17-12(4-5-13(20)16(17)22)18(27)26-9-19(28,10-26)8-24-23-2;1-2/h3-7,23-25,28H,8-10H2,1-2H3;1-2H3. The van der Waals surface area contributed by atoms with Crippen LogP contribution in [-0.4, -0.2) is 48.2 Å². The Morgan fingerprint density at radius 3 is 2.40 bits per heavy atom. The highest BCUT2D eigenvalue weighted by Gasteiger charge is 2.44. The van der Waals surface area contributed by atoms with Crippen molar-refractivity contribution >= 4 is 17.3 Å². The zero-order chi connectivity index (χ0) is 22.5. The monoisotopic (exact) mass is 424 g/mol. The highest BCUT2D eigenvalue weighted by molar-refractivity contribution is 6.01. The average molecular weight is 424 g/mol. The van der Waals surface area contributed by atoms with Gasteiger partial charge in [-0.2, -0.15) is 0 Å². The van der Waals surface area contributed by atoms with Crippen LogP contribution in [0.3, 0.4) is 0 Å². The summed E-state index contributed by atoms with van der Waals surface area (Å²) in [5, 5.41) is 12.8. The van der Waals surface area contributed by atoms with E-state index in [9.17, 15) is 23.1 Å². The highest BCUT2D eigenvalue weighted by Crippen LogP contribution is 2.31. The van der Waals surface area contributed by atoms with Crippen molar-refractivity contribution in [2.24, 2.45) is 0 Å². The molecule has 0 saturated carbocycles. The molecule has 0 atom stereocenters. The van der Waals surface area contributed by atoms with Crippen LogP contribution in [0.15, 0.2) is 30.3 Å². The third kappa shape index (κ3) is 5.10. The van der Waals surface area contributed by atoms with E-state index in [1.807, 2.05) is 13.8 Å². The first kappa shape index (κ1) is 23.7. The second-order valence-electron chi connectivity index (χ2n) is 6.88. The molecule has 0 bridgehead atoms. The van der Waals surface area contributed by atoms with Gasteiger partial charge in [-0.3, -0.25) is 15.6 Å². The van der Waals surface area contributed by atoms with E-state index in [1.54, 1.807) is 20.0 Å². The lowest BCUT2D eigenvalue weighted by Crippen LogP contribution is -2.68. The molecular weight excluding hydrogens is 397 g/mol. The minimum atomic E-state index is -1.28. The summed E-state index contributed by atoms with van der Waals surface area (Å²) >= 11 is 0. The third-order valence-corrected chi connectivity index (χ3v) is 4.56. The number of β-amino-alcohol motifs (C(OH)–C–C–N with tert-alkyl or cyclic N) is 1. The number of hydrogen-bond acceptors (Lipinski definition) is 5. The number of aliphatic hydroxyl groups is 1. The molecule has 1 aliphatic heterocycles. The number of aryl methyl sites for hydroxylation is 1. The molecule has 1 heterocycles. The zero-order valence-electron chi connectivity index (χ0n) is 17.4. The summed E-state index contributed by atoms with van der Waals surface area (Å²) in [6.07, 6.45) is 0. The zero-order valence-corrected chi connectivity index (χ0v) is 17.4. The summed E-state index contributed by atoms with van der Waals surface area (Å²) in [6, 6.07) is 6.21. The van der Waals surface area contributed by atoms with Crippen LogP contribution in [0.2, 0.25) is 0 Å². The van der Waals surface area contributed by atoms with Gasteiger partial charge in [0.2, 0.25) is 0 Å². The van der Waals surface area contributed by atoms with Gasteiger partial charge in [0.15, 0.2) is 11.6 Å². The first-order valence-corrected chi connectivity index (χ1v) is 9.66. The highest BCUT2D eigenvalue weighted by atomic mass is 19.2. The van der Waals surface area contributed by atoms with Crippen molar-refractivity contribution in [1.29, 1.82) is 0 Å². The smallest absolute Gasteiger partial charge is 0.256 e. The Labute approximate surface area is 174 Å². The minimum absolute atomic E-state index is 0.0256. The Morgan fingerprint density at radius 2 is 1.80 bits per heavy atom. The molecule has 0 aromatic heterocycles. The quantitative estimate of drug-likeness (QED) is 0.536. The van der Waals surface area contributed by atoms with Crippen molar-refractivity contribution in [3.8, 4) is 0 Å². The lowest BCUT2D eigenvalue weighted by atomic mass is 9.93. The van der Waals surface area contributed by atoms with Crippen LogP contribution in [0.1, 0.15) is 29.8 Å². The topological polar surface area (TPSA) is 76.6 Å². The lowest BCUT2D eigenvalue weighted by Gasteiger charge is -2.46.